The molecule has 0 saturated carbocycles. The van der Waals surface area contributed by atoms with Crippen LogP contribution >= 0.6 is 11.6 Å². The topological polar surface area (TPSA) is 77.8 Å². The maximum atomic E-state index is 12.8. The molecule has 0 aliphatic heterocycles. The summed E-state index contributed by atoms with van der Waals surface area (Å²) in [7, 11) is 1.50. The number of benzene rings is 2. The molecular weight excluding hydrogens is 394 g/mol. The van der Waals surface area contributed by atoms with E-state index in [2.05, 4.69) is 5.32 Å². The molecule has 0 bridgehead atoms. The van der Waals surface area contributed by atoms with Crippen molar-refractivity contribution < 1.29 is 23.5 Å². The van der Waals surface area contributed by atoms with Gasteiger partial charge in [0.2, 0.25) is 6.10 Å². The molecule has 148 valence electrons. The Bertz CT molecular complexity index is 999. The fourth-order valence-corrected chi connectivity index (χ4v) is 2.80. The van der Waals surface area contributed by atoms with Crippen LogP contribution in [0.15, 0.2) is 77.4 Å². The van der Waals surface area contributed by atoms with Crippen molar-refractivity contribution in [2.75, 3.05) is 12.4 Å². The number of methoxy groups -OCH3 is 1. The molecule has 7 heteroatoms. The number of halogens is 1. The molecule has 0 aliphatic carbocycles. The summed E-state index contributed by atoms with van der Waals surface area (Å²) in [5, 5.41) is 3.06. The number of hydrogen-bond acceptors (Lipinski definition) is 5. The number of anilines is 1. The van der Waals surface area contributed by atoms with E-state index in [1.165, 1.54) is 25.5 Å². The van der Waals surface area contributed by atoms with Crippen LogP contribution in [-0.4, -0.2) is 19.0 Å². The highest BCUT2D eigenvalue weighted by atomic mass is 35.5. The number of carbonyl (C=O) groups excluding carboxylic acids is 2. The molecule has 1 amide bonds. The van der Waals surface area contributed by atoms with Gasteiger partial charge in [0, 0.05) is 17.3 Å². The van der Waals surface area contributed by atoms with Crippen molar-refractivity contribution in [3.63, 3.8) is 0 Å². The number of rotatable bonds is 7. The molecule has 0 fully saturated rings. The lowest BCUT2D eigenvalue weighted by Gasteiger charge is -2.17. The van der Waals surface area contributed by atoms with E-state index in [0.717, 1.165) is 0 Å². The minimum absolute atomic E-state index is 0.347. The quantitative estimate of drug-likeness (QED) is 0.443. The molecule has 0 spiro atoms. The minimum atomic E-state index is -1.15. The van der Waals surface area contributed by atoms with Gasteiger partial charge in [-0.25, -0.2) is 4.79 Å². The first-order chi connectivity index (χ1) is 14.1. The predicted molar refractivity (Wildman–Crippen MR) is 110 cm³/mol. The van der Waals surface area contributed by atoms with Gasteiger partial charge >= 0.3 is 5.97 Å². The van der Waals surface area contributed by atoms with E-state index in [1.54, 1.807) is 60.7 Å². The van der Waals surface area contributed by atoms with E-state index in [-0.39, 0.29) is 0 Å². The molecule has 29 heavy (non-hydrogen) atoms. The highest BCUT2D eigenvalue weighted by Gasteiger charge is 2.24. The lowest BCUT2D eigenvalue weighted by molar-refractivity contribution is -0.149. The summed E-state index contributed by atoms with van der Waals surface area (Å²) >= 11 is 6.10. The van der Waals surface area contributed by atoms with Crippen molar-refractivity contribution in [3.05, 3.63) is 89.3 Å². The summed E-state index contributed by atoms with van der Waals surface area (Å²) < 4.78 is 15.6. The standard InChI is InChI=1S/C22H18ClNO5/c1-27-19-11-9-16(14-18(19)23)24-22(26)21(15-6-3-2-4-7-15)29-20(25)12-10-17-8-5-13-28-17/h2-14,21H,1H3,(H,24,26)/b12-10+/t21-/m0/s1. The van der Waals surface area contributed by atoms with Crippen LogP contribution in [0.5, 0.6) is 5.75 Å². The zero-order valence-electron chi connectivity index (χ0n) is 15.5. The third-order valence-electron chi connectivity index (χ3n) is 3.92. The highest BCUT2D eigenvalue weighted by molar-refractivity contribution is 6.32. The number of nitrogens with one attached hydrogen (secondary N) is 1. The zero-order chi connectivity index (χ0) is 20.6. The van der Waals surface area contributed by atoms with E-state index >= 15 is 0 Å². The van der Waals surface area contributed by atoms with Crippen LogP contribution in [-0.2, 0) is 14.3 Å². The SMILES string of the molecule is COc1ccc(NC(=O)[C@@H](OC(=O)/C=C/c2ccco2)c2ccccc2)cc1Cl. The summed E-state index contributed by atoms with van der Waals surface area (Å²) in [5.41, 5.74) is 0.980. The Kier molecular flexibility index (Phi) is 6.71. The van der Waals surface area contributed by atoms with Crippen LogP contribution in [0.4, 0.5) is 5.69 Å². The smallest absolute Gasteiger partial charge is 0.332 e. The molecule has 1 atom stereocenters. The molecule has 3 aromatic rings. The van der Waals surface area contributed by atoms with Gasteiger partial charge in [-0.1, -0.05) is 41.9 Å². The Morgan fingerprint density at radius 3 is 2.55 bits per heavy atom. The van der Waals surface area contributed by atoms with E-state index < -0.39 is 18.0 Å². The van der Waals surface area contributed by atoms with Gasteiger partial charge in [-0.2, -0.15) is 0 Å². The normalized spacial score (nSPS) is 11.8. The fourth-order valence-electron chi connectivity index (χ4n) is 2.54. The predicted octanol–water partition coefficient (Wildman–Crippen LogP) is 4.88. The molecule has 1 aromatic heterocycles. The number of ether oxygens (including phenoxy) is 2. The fraction of sp³-hybridized carbons (Fsp3) is 0.0909. The van der Waals surface area contributed by atoms with E-state index in [0.29, 0.717) is 27.8 Å². The molecule has 0 unspecified atom stereocenters. The first kappa shape index (κ1) is 20.2. The lowest BCUT2D eigenvalue weighted by atomic mass is 10.1. The van der Waals surface area contributed by atoms with Gasteiger partial charge in [-0.05, 0) is 36.4 Å². The van der Waals surface area contributed by atoms with Gasteiger partial charge in [0.15, 0.2) is 0 Å². The van der Waals surface area contributed by atoms with Gasteiger partial charge in [0.1, 0.15) is 11.5 Å². The lowest BCUT2D eigenvalue weighted by Crippen LogP contribution is -2.25. The first-order valence-electron chi connectivity index (χ1n) is 8.68. The van der Waals surface area contributed by atoms with Crippen LogP contribution in [0.3, 0.4) is 0 Å². The average molecular weight is 412 g/mol. The Labute approximate surface area is 172 Å². The van der Waals surface area contributed by atoms with Gasteiger partial charge < -0.3 is 19.2 Å². The molecule has 1 N–H and O–H groups in total. The van der Waals surface area contributed by atoms with Gasteiger partial charge in [-0.3, -0.25) is 4.79 Å². The number of furan rings is 1. The monoisotopic (exact) mass is 411 g/mol. The molecule has 6 nitrogen and oxygen atoms in total. The van der Waals surface area contributed by atoms with Crippen molar-refractivity contribution in [1.29, 1.82) is 0 Å². The highest BCUT2D eigenvalue weighted by Crippen LogP contribution is 2.28. The second kappa shape index (κ2) is 9.61. The van der Waals surface area contributed by atoms with Crippen molar-refractivity contribution >= 4 is 35.2 Å². The maximum Gasteiger partial charge on any atom is 0.332 e. The van der Waals surface area contributed by atoms with Gasteiger partial charge in [-0.15, -0.1) is 0 Å². The molecule has 3 rings (SSSR count). The number of esters is 1. The first-order valence-corrected chi connectivity index (χ1v) is 9.06. The Morgan fingerprint density at radius 2 is 1.90 bits per heavy atom. The van der Waals surface area contributed by atoms with Crippen molar-refractivity contribution in [1.82, 2.24) is 0 Å². The van der Waals surface area contributed by atoms with Crippen molar-refractivity contribution in [2.45, 2.75) is 6.10 Å². The van der Waals surface area contributed by atoms with Crippen LogP contribution in [0, 0.1) is 0 Å². The molecule has 1 heterocycles. The number of carbonyl (C=O) groups is 2. The third-order valence-corrected chi connectivity index (χ3v) is 4.22. The van der Waals surface area contributed by atoms with E-state index in [1.807, 2.05) is 0 Å². The Balaban J connectivity index is 1.77. The molecule has 2 aromatic carbocycles. The number of amides is 1. The summed E-state index contributed by atoms with van der Waals surface area (Å²) in [4.78, 5) is 25.1. The van der Waals surface area contributed by atoms with Crippen LogP contribution in [0.2, 0.25) is 5.02 Å². The van der Waals surface area contributed by atoms with Crippen LogP contribution < -0.4 is 10.1 Å². The average Bonchev–Trinajstić information content (AvgIpc) is 3.25. The van der Waals surface area contributed by atoms with Gasteiger partial charge in [0.25, 0.3) is 5.91 Å². The largest absolute Gasteiger partial charge is 0.495 e. The van der Waals surface area contributed by atoms with E-state index in [9.17, 15) is 9.59 Å². The number of hydrogen-bond donors (Lipinski definition) is 1. The summed E-state index contributed by atoms with van der Waals surface area (Å²) in [6, 6.07) is 16.9. The molecule has 0 aliphatic rings. The maximum absolute atomic E-state index is 12.8. The van der Waals surface area contributed by atoms with Crippen LogP contribution in [0.25, 0.3) is 6.08 Å². The van der Waals surface area contributed by atoms with Crippen molar-refractivity contribution in [3.8, 4) is 5.75 Å². The van der Waals surface area contributed by atoms with Gasteiger partial charge in [0.05, 0.1) is 18.4 Å². The molecule has 0 radical (unpaired) electrons. The second-order valence-corrected chi connectivity index (χ2v) is 6.32. The second-order valence-electron chi connectivity index (χ2n) is 5.91. The molecular formula is C22H18ClNO5. The Morgan fingerprint density at radius 1 is 1.10 bits per heavy atom. The third kappa shape index (κ3) is 5.49. The minimum Gasteiger partial charge on any atom is -0.495 e. The zero-order valence-corrected chi connectivity index (χ0v) is 16.3. The Hall–Kier alpha value is -3.51. The molecule has 0 saturated heterocycles. The van der Waals surface area contributed by atoms with E-state index in [4.69, 9.17) is 25.5 Å². The van der Waals surface area contributed by atoms with Crippen LogP contribution in [0.1, 0.15) is 17.4 Å². The summed E-state index contributed by atoms with van der Waals surface area (Å²) in [5.74, 6) is -0.218. The summed E-state index contributed by atoms with van der Waals surface area (Å²) in [6.45, 7) is 0. The van der Waals surface area contributed by atoms with Crippen molar-refractivity contribution in [2.24, 2.45) is 0 Å². The summed E-state index contributed by atoms with van der Waals surface area (Å²) in [6.07, 6.45) is 3.01.